The van der Waals surface area contributed by atoms with E-state index in [1.165, 1.54) is 19.3 Å². The van der Waals surface area contributed by atoms with Gasteiger partial charge < -0.3 is 0 Å². The van der Waals surface area contributed by atoms with Crippen LogP contribution in [0.1, 0.15) is 46.5 Å². The van der Waals surface area contributed by atoms with E-state index in [2.05, 4.69) is 20.8 Å². The van der Waals surface area contributed by atoms with Crippen molar-refractivity contribution >= 4 is 28.9 Å². The zero-order valence-electron chi connectivity index (χ0n) is 8.58. The van der Waals surface area contributed by atoms with Gasteiger partial charge in [0.05, 0.1) is 0 Å². The third-order valence-corrected chi connectivity index (χ3v) is 8.29. The van der Waals surface area contributed by atoms with Crippen molar-refractivity contribution in [2.45, 2.75) is 58.0 Å². The summed E-state index contributed by atoms with van der Waals surface area (Å²) in [4.78, 5) is 0. The minimum absolute atomic E-state index is 0.158. The Hall–Kier alpha value is 0.797. The molecule has 12 heavy (non-hydrogen) atoms. The average molecular weight is 227 g/mol. The molecule has 0 radical (unpaired) electrons. The molecule has 0 amide bonds. The molecule has 0 spiro atoms. The van der Waals surface area contributed by atoms with Gasteiger partial charge in [0.15, 0.2) is 0 Å². The zero-order chi connectivity index (χ0) is 9.83. The molecule has 0 rings (SSSR count). The lowest BCUT2D eigenvalue weighted by molar-refractivity contribution is 0.543. The summed E-state index contributed by atoms with van der Waals surface area (Å²) < 4.78 is 0. The van der Waals surface area contributed by atoms with Crippen molar-refractivity contribution < 1.29 is 0 Å². The van der Waals surface area contributed by atoms with Crippen molar-refractivity contribution in [1.82, 2.24) is 0 Å². The van der Waals surface area contributed by atoms with Crippen molar-refractivity contribution in [3.05, 3.63) is 0 Å². The summed E-state index contributed by atoms with van der Waals surface area (Å²) in [5.41, 5.74) is 0. The van der Waals surface area contributed by atoms with Gasteiger partial charge in [0, 0.05) is 0 Å². The first-order valence-corrected chi connectivity index (χ1v) is 9.21. The van der Waals surface area contributed by atoms with E-state index >= 15 is 0 Å². The summed E-state index contributed by atoms with van der Waals surface area (Å²) >= 11 is 12.4. The van der Waals surface area contributed by atoms with E-state index in [1.54, 1.807) is 0 Å². The zero-order valence-corrected chi connectivity index (χ0v) is 11.1. The molecule has 0 aromatic rings. The predicted octanol–water partition coefficient (Wildman–Crippen LogP) is 4.90. The highest BCUT2D eigenvalue weighted by Crippen LogP contribution is 2.46. The molecule has 0 unspecified atom stereocenters. The molecule has 0 aliphatic heterocycles. The van der Waals surface area contributed by atoms with Gasteiger partial charge in [0.1, 0.15) is 0 Å². The fourth-order valence-corrected chi connectivity index (χ4v) is 2.22. The Balaban J connectivity index is 3.88. The third-order valence-electron chi connectivity index (χ3n) is 2.59. The Labute approximate surface area is 87.1 Å². The van der Waals surface area contributed by atoms with Crippen LogP contribution in [-0.4, -0.2) is 6.69 Å². The van der Waals surface area contributed by atoms with Gasteiger partial charge in [0.25, 0.3) is 6.69 Å². The molecule has 0 saturated heterocycles. The molecule has 0 heterocycles. The fourth-order valence-electron chi connectivity index (χ4n) is 1.04. The number of hydrogen-bond donors (Lipinski definition) is 0. The molecule has 0 aliphatic carbocycles. The topological polar surface area (TPSA) is 0 Å². The fraction of sp³-hybridized carbons (Fsp3) is 1.00. The molecule has 0 bridgehead atoms. The second-order valence-electron chi connectivity index (χ2n) is 4.23. The quantitative estimate of drug-likeness (QED) is 0.356. The predicted molar refractivity (Wildman–Crippen MR) is 61.5 cm³/mol. The largest absolute Gasteiger partial charge is 0.253 e. The molecule has 0 aromatic heterocycles. The Morgan fingerprint density at radius 3 is 2.00 bits per heavy atom. The molecule has 0 fully saturated rings. The maximum absolute atomic E-state index is 6.21. The molecular formula is C9H20Cl2Si. The van der Waals surface area contributed by atoms with Crippen molar-refractivity contribution in [3.8, 4) is 0 Å². The first-order valence-electron chi connectivity index (χ1n) is 4.69. The lowest BCUT2D eigenvalue weighted by atomic mass is 10.0. The van der Waals surface area contributed by atoms with Gasteiger partial charge in [-0.15, -0.1) is 22.2 Å². The summed E-state index contributed by atoms with van der Waals surface area (Å²) in [6, 6.07) is 0. The van der Waals surface area contributed by atoms with Crippen LogP contribution in [0, 0.1) is 0 Å². The van der Waals surface area contributed by atoms with Gasteiger partial charge in [-0.05, 0) is 18.0 Å². The van der Waals surface area contributed by atoms with E-state index in [1.807, 2.05) is 6.55 Å². The smallest absolute Gasteiger partial charge is 0.146 e. The number of halogens is 2. The first kappa shape index (κ1) is 12.8. The normalized spacial score (nSPS) is 13.5. The maximum Gasteiger partial charge on any atom is 0.253 e. The van der Waals surface area contributed by atoms with E-state index in [0.29, 0.717) is 0 Å². The van der Waals surface area contributed by atoms with Gasteiger partial charge >= 0.3 is 0 Å². The van der Waals surface area contributed by atoms with E-state index in [9.17, 15) is 0 Å². The molecule has 0 saturated carbocycles. The van der Waals surface area contributed by atoms with Crippen molar-refractivity contribution in [2.75, 3.05) is 0 Å². The average Bonchev–Trinajstić information content (AvgIpc) is 1.85. The Kier molecular flexibility index (Phi) is 5.20. The second-order valence-corrected chi connectivity index (χ2v) is 12.5. The van der Waals surface area contributed by atoms with Crippen molar-refractivity contribution in [2.24, 2.45) is 0 Å². The van der Waals surface area contributed by atoms with E-state index < -0.39 is 6.69 Å². The highest BCUT2D eigenvalue weighted by Gasteiger charge is 2.40. The molecule has 0 atom stereocenters. The SMILES string of the molecule is CCCCCC(C)(C)[Si](C)(Cl)Cl. The van der Waals surface area contributed by atoms with Gasteiger partial charge in [-0.1, -0.05) is 40.0 Å². The van der Waals surface area contributed by atoms with Crippen LogP contribution in [0.15, 0.2) is 0 Å². The van der Waals surface area contributed by atoms with Crippen LogP contribution in [0.2, 0.25) is 11.6 Å². The maximum atomic E-state index is 6.21. The first-order chi connectivity index (χ1) is 5.31. The Morgan fingerprint density at radius 2 is 1.67 bits per heavy atom. The van der Waals surface area contributed by atoms with Crippen LogP contribution in [0.5, 0.6) is 0 Å². The highest BCUT2D eigenvalue weighted by molar-refractivity contribution is 7.46. The minimum Gasteiger partial charge on any atom is -0.146 e. The molecule has 74 valence electrons. The van der Waals surface area contributed by atoms with Crippen LogP contribution in [0.3, 0.4) is 0 Å². The van der Waals surface area contributed by atoms with E-state index in [-0.39, 0.29) is 5.04 Å². The van der Waals surface area contributed by atoms with E-state index in [0.717, 1.165) is 6.42 Å². The number of hydrogen-bond acceptors (Lipinski definition) is 0. The van der Waals surface area contributed by atoms with Crippen LogP contribution in [0.4, 0.5) is 0 Å². The molecule has 3 heteroatoms. The van der Waals surface area contributed by atoms with Crippen molar-refractivity contribution in [3.63, 3.8) is 0 Å². The Morgan fingerprint density at radius 1 is 1.17 bits per heavy atom. The molecule has 0 nitrogen and oxygen atoms in total. The third kappa shape index (κ3) is 4.15. The minimum atomic E-state index is -1.99. The summed E-state index contributed by atoms with van der Waals surface area (Å²) in [5.74, 6) is 0. The number of rotatable bonds is 5. The van der Waals surface area contributed by atoms with Crippen LogP contribution < -0.4 is 0 Å². The van der Waals surface area contributed by atoms with Crippen LogP contribution in [-0.2, 0) is 0 Å². The van der Waals surface area contributed by atoms with E-state index in [4.69, 9.17) is 22.2 Å². The molecule has 0 aliphatic rings. The van der Waals surface area contributed by atoms with Gasteiger partial charge in [-0.2, -0.15) is 0 Å². The summed E-state index contributed by atoms with van der Waals surface area (Å²) in [5, 5.41) is 0.158. The lowest BCUT2D eigenvalue weighted by Crippen LogP contribution is -2.30. The van der Waals surface area contributed by atoms with Crippen LogP contribution in [0.25, 0.3) is 0 Å². The summed E-state index contributed by atoms with van der Waals surface area (Å²) in [6.45, 7) is 6.62. The highest BCUT2D eigenvalue weighted by atomic mass is 35.7. The standard InChI is InChI=1S/C9H20Cl2Si/c1-5-6-7-8-9(2,3)12(4,10)11/h5-8H2,1-4H3. The molecule has 0 N–H and O–H groups in total. The lowest BCUT2D eigenvalue weighted by Gasteiger charge is -2.32. The van der Waals surface area contributed by atoms with Crippen LogP contribution >= 0.6 is 22.2 Å². The molecular weight excluding hydrogens is 207 g/mol. The van der Waals surface area contributed by atoms with Gasteiger partial charge in [-0.25, -0.2) is 0 Å². The number of unbranched alkanes of at least 4 members (excludes halogenated alkanes) is 2. The molecule has 0 aromatic carbocycles. The monoisotopic (exact) mass is 226 g/mol. The summed E-state index contributed by atoms with van der Waals surface area (Å²) in [7, 11) is 0. The van der Waals surface area contributed by atoms with Gasteiger partial charge in [0.2, 0.25) is 0 Å². The Bertz CT molecular complexity index is 127. The second kappa shape index (κ2) is 4.87. The summed E-state index contributed by atoms with van der Waals surface area (Å²) in [6.07, 6.45) is 4.97. The van der Waals surface area contributed by atoms with Gasteiger partial charge in [-0.3, -0.25) is 0 Å². The van der Waals surface area contributed by atoms with Crippen molar-refractivity contribution in [1.29, 1.82) is 0 Å².